The number of hydrogen-bond acceptors (Lipinski definition) is 5. The molecule has 1 atom stereocenters. The van der Waals surface area contributed by atoms with Gasteiger partial charge in [-0.2, -0.15) is 0 Å². The van der Waals surface area contributed by atoms with Crippen molar-refractivity contribution in [2.75, 3.05) is 13.7 Å². The summed E-state index contributed by atoms with van der Waals surface area (Å²) in [7, 11) is 1.82. The number of nitrogens with zero attached hydrogens (tertiary/aromatic N) is 1. The Morgan fingerprint density at radius 1 is 1.38 bits per heavy atom. The number of amidine groups is 1. The Morgan fingerprint density at radius 2 is 2.04 bits per heavy atom. The molecule has 3 N–H and O–H groups in total. The Kier molecular flexibility index (Phi) is 4.49. The van der Waals surface area contributed by atoms with Crippen LogP contribution in [0.3, 0.4) is 0 Å². The van der Waals surface area contributed by atoms with E-state index in [0.717, 1.165) is 32.1 Å². The highest BCUT2D eigenvalue weighted by molar-refractivity contribution is 5.75. The second-order valence-electron chi connectivity index (χ2n) is 6.75. The highest BCUT2D eigenvalue weighted by Crippen LogP contribution is 2.60. The summed E-state index contributed by atoms with van der Waals surface area (Å²) in [5.74, 6) is 0. The molecule has 0 bridgehead atoms. The van der Waals surface area contributed by atoms with Crippen molar-refractivity contribution in [3.8, 4) is 0 Å². The minimum Gasteiger partial charge on any atom is -0.483 e. The largest absolute Gasteiger partial charge is 0.483 e. The lowest BCUT2D eigenvalue weighted by Crippen LogP contribution is -2.46. The quantitative estimate of drug-likeness (QED) is 0.768. The summed E-state index contributed by atoms with van der Waals surface area (Å²) in [5.41, 5.74) is 8.50. The van der Waals surface area contributed by atoms with Crippen molar-refractivity contribution in [2.24, 2.45) is 16.1 Å². The second kappa shape index (κ2) is 6.43. The number of fused-ring (bicyclic) bond motifs is 3. The van der Waals surface area contributed by atoms with Crippen molar-refractivity contribution in [3.63, 3.8) is 0 Å². The first-order chi connectivity index (χ1) is 11.6. The zero-order chi connectivity index (χ0) is 17.2. The molecule has 1 unspecified atom stereocenters. The van der Waals surface area contributed by atoms with Crippen LogP contribution >= 0.6 is 0 Å². The van der Waals surface area contributed by atoms with Gasteiger partial charge < -0.3 is 20.3 Å². The normalized spacial score (nSPS) is 33.4. The van der Waals surface area contributed by atoms with Crippen LogP contribution in [0.25, 0.3) is 0 Å². The van der Waals surface area contributed by atoms with E-state index < -0.39 is 0 Å². The zero-order valence-corrected chi connectivity index (χ0v) is 13.9. The fourth-order valence-electron chi connectivity index (χ4n) is 4.69. The first-order valence-electron chi connectivity index (χ1n) is 8.28. The third kappa shape index (κ3) is 2.45. The fourth-order valence-corrected chi connectivity index (χ4v) is 4.69. The van der Waals surface area contributed by atoms with Crippen molar-refractivity contribution in [1.29, 1.82) is 0 Å². The minimum absolute atomic E-state index is 0.146. The van der Waals surface area contributed by atoms with Gasteiger partial charge in [0.2, 0.25) is 0 Å². The van der Waals surface area contributed by atoms with Crippen LogP contribution in [0, 0.1) is 5.41 Å². The molecule has 2 aliphatic carbocycles. The molecule has 0 radical (unpaired) electrons. The predicted octanol–water partition coefficient (Wildman–Crippen LogP) is 2.06. The van der Waals surface area contributed by atoms with Crippen molar-refractivity contribution in [3.05, 3.63) is 35.4 Å². The lowest BCUT2D eigenvalue weighted by Gasteiger charge is -2.45. The Morgan fingerprint density at radius 3 is 2.62 bits per heavy atom. The Bertz CT molecular complexity index is 638. The van der Waals surface area contributed by atoms with Gasteiger partial charge in [0.15, 0.2) is 0 Å². The molecule has 0 saturated heterocycles. The standard InChI is InChI=1S/C17H22N2O2.CH2O2/c1-20-13-6-8-16(9-7-13)10-12-4-2-3-5-14(12)17(16)11-21-15(18)19-17;2-1-3/h2-5,13H,6-11H2,1H3,(H2,18,19);1H,(H,2,3). The van der Waals surface area contributed by atoms with Crippen LogP contribution < -0.4 is 5.73 Å². The van der Waals surface area contributed by atoms with Crippen LogP contribution in [0.15, 0.2) is 29.3 Å². The minimum atomic E-state index is -0.271. The number of ether oxygens (including phenoxy) is 2. The van der Waals surface area contributed by atoms with Gasteiger partial charge >= 0.3 is 0 Å². The van der Waals surface area contributed by atoms with Gasteiger partial charge in [-0.05, 0) is 43.2 Å². The molecular formula is C18H24N2O4. The number of hydrogen-bond donors (Lipinski definition) is 2. The van der Waals surface area contributed by atoms with Crippen molar-refractivity contribution in [2.45, 2.75) is 43.7 Å². The van der Waals surface area contributed by atoms with Crippen molar-refractivity contribution >= 4 is 12.5 Å². The summed E-state index contributed by atoms with van der Waals surface area (Å²) in [6.07, 6.45) is 5.92. The van der Waals surface area contributed by atoms with Gasteiger partial charge in [-0.25, -0.2) is 4.99 Å². The third-order valence-corrected chi connectivity index (χ3v) is 5.82. The van der Waals surface area contributed by atoms with E-state index in [0.29, 0.717) is 18.7 Å². The van der Waals surface area contributed by atoms with Gasteiger partial charge in [0.05, 0.1) is 6.10 Å². The number of carbonyl (C=O) groups is 1. The first-order valence-corrected chi connectivity index (χ1v) is 8.28. The summed E-state index contributed by atoms with van der Waals surface area (Å²) >= 11 is 0. The number of aliphatic imine (C=N–C) groups is 1. The fraction of sp³-hybridized carbons (Fsp3) is 0.556. The molecule has 6 heteroatoms. The number of benzene rings is 1. The lowest BCUT2D eigenvalue weighted by atomic mass is 9.62. The van der Waals surface area contributed by atoms with E-state index in [9.17, 15) is 0 Å². The van der Waals surface area contributed by atoms with E-state index in [1.165, 1.54) is 11.1 Å². The summed E-state index contributed by atoms with van der Waals surface area (Å²) in [5, 5.41) is 6.89. The van der Waals surface area contributed by atoms with E-state index in [1.807, 2.05) is 7.11 Å². The van der Waals surface area contributed by atoms with Gasteiger partial charge in [-0.15, -0.1) is 0 Å². The summed E-state index contributed by atoms with van der Waals surface area (Å²) in [6, 6.07) is 9.01. The molecule has 2 spiro atoms. The summed E-state index contributed by atoms with van der Waals surface area (Å²) in [4.78, 5) is 13.2. The van der Waals surface area contributed by atoms with Crippen LogP contribution in [-0.2, 0) is 26.2 Å². The summed E-state index contributed by atoms with van der Waals surface area (Å²) < 4.78 is 11.2. The third-order valence-electron chi connectivity index (χ3n) is 5.82. The van der Waals surface area contributed by atoms with Crippen LogP contribution in [0.5, 0.6) is 0 Å². The molecule has 1 saturated carbocycles. The molecule has 3 aliphatic rings. The van der Waals surface area contributed by atoms with E-state index in [-0.39, 0.29) is 17.4 Å². The maximum Gasteiger partial charge on any atom is 0.290 e. The molecule has 1 aromatic carbocycles. The number of carboxylic acid groups (broad SMARTS) is 1. The molecule has 6 nitrogen and oxygen atoms in total. The Labute approximate surface area is 141 Å². The Balaban J connectivity index is 0.000000526. The number of nitrogens with two attached hydrogens (primary N) is 1. The lowest BCUT2D eigenvalue weighted by molar-refractivity contribution is -0.122. The van der Waals surface area contributed by atoms with Crippen LogP contribution in [-0.4, -0.2) is 37.4 Å². The first kappa shape index (κ1) is 16.8. The smallest absolute Gasteiger partial charge is 0.290 e. The highest BCUT2D eigenvalue weighted by Gasteiger charge is 2.61. The molecule has 1 aliphatic heterocycles. The molecule has 24 heavy (non-hydrogen) atoms. The number of methoxy groups -OCH3 is 1. The van der Waals surface area contributed by atoms with E-state index in [4.69, 9.17) is 30.1 Å². The Hall–Kier alpha value is -2.08. The molecule has 0 amide bonds. The van der Waals surface area contributed by atoms with Crippen LogP contribution in [0.1, 0.15) is 36.8 Å². The van der Waals surface area contributed by atoms with Gasteiger partial charge in [-0.1, -0.05) is 24.3 Å². The highest BCUT2D eigenvalue weighted by atomic mass is 16.5. The van der Waals surface area contributed by atoms with Gasteiger partial charge in [0.25, 0.3) is 12.5 Å². The zero-order valence-electron chi connectivity index (χ0n) is 13.9. The molecular weight excluding hydrogens is 308 g/mol. The molecule has 1 heterocycles. The molecule has 4 rings (SSSR count). The average Bonchev–Trinajstić information content (AvgIpc) is 3.10. The SMILES string of the molecule is COC1CCC2(CC1)Cc1ccccc1C21COC(N)=N1.O=CO. The number of rotatable bonds is 1. The maximum atomic E-state index is 8.36. The van der Waals surface area contributed by atoms with E-state index in [2.05, 4.69) is 24.3 Å². The van der Waals surface area contributed by atoms with E-state index in [1.54, 1.807) is 0 Å². The predicted molar refractivity (Wildman–Crippen MR) is 89.8 cm³/mol. The van der Waals surface area contributed by atoms with Gasteiger partial charge in [0.1, 0.15) is 12.1 Å². The molecule has 130 valence electrons. The second-order valence-corrected chi connectivity index (χ2v) is 6.75. The maximum absolute atomic E-state index is 8.36. The topological polar surface area (TPSA) is 94.1 Å². The van der Waals surface area contributed by atoms with Crippen LogP contribution in [0.4, 0.5) is 0 Å². The summed E-state index contributed by atoms with van der Waals surface area (Å²) in [6.45, 7) is 0.341. The monoisotopic (exact) mass is 332 g/mol. The molecule has 1 aromatic rings. The molecule has 1 fully saturated rings. The van der Waals surface area contributed by atoms with Gasteiger partial charge in [0, 0.05) is 12.5 Å². The van der Waals surface area contributed by atoms with Gasteiger partial charge in [-0.3, -0.25) is 4.79 Å². The van der Waals surface area contributed by atoms with Crippen molar-refractivity contribution < 1.29 is 19.4 Å². The molecule has 0 aromatic heterocycles. The average molecular weight is 332 g/mol. The van der Waals surface area contributed by atoms with Crippen molar-refractivity contribution in [1.82, 2.24) is 0 Å². The van der Waals surface area contributed by atoms with Crippen LogP contribution in [0.2, 0.25) is 0 Å². The van der Waals surface area contributed by atoms with E-state index >= 15 is 0 Å².